The Balaban J connectivity index is 0.872. The molecule has 2 aromatic heterocycles. The number of aromatic nitrogens is 3. The first-order chi connectivity index (χ1) is 22.4. The highest BCUT2D eigenvalue weighted by molar-refractivity contribution is 6.22. The summed E-state index contributed by atoms with van der Waals surface area (Å²) in [7, 11) is 0. The number of halogens is 1. The minimum atomic E-state index is -0.901. The van der Waals surface area contributed by atoms with Gasteiger partial charge in [-0.15, -0.1) is 0 Å². The zero-order valence-electron chi connectivity index (χ0n) is 25.1. The number of para-hydroxylation sites is 2. The molecule has 0 saturated carbocycles. The smallest absolute Gasteiger partial charge is 0.343 e. The average molecular weight is 626 g/mol. The van der Waals surface area contributed by atoms with E-state index in [0.29, 0.717) is 29.8 Å². The normalized spacial score (nSPS) is 19.9. The van der Waals surface area contributed by atoms with Crippen LogP contribution < -0.4 is 15.1 Å². The Bertz CT molecular complexity index is 1910. The van der Waals surface area contributed by atoms with Gasteiger partial charge in [0.25, 0.3) is 11.8 Å². The summed E-state index contributed by atoms with van der Waals surface area (Å²) in [6, 6.07) is 12.2. The minimum absolute atomic E-state index is 0.0619. The lowest BCUT2D eigenvalue weighted by molar-refractivity contribution is -0.122. The number of urea groups is 1. The van der Waals surface area contributed by atoms with E-state index < -0.39 is 29.6 Å². The molecule has 46 heavy (non-hydrogen) atoms. The molecule has 0 radical (unpaired) electrons. The van der Waals surface area contributed by atoms with Crippen molar-refractivity contribution >= 4 is 52.1 Å². The van der Waals surface area contributed by atoms with E-state index in [0.717, 1.165) is 67.4 Å². The van der Waals surface area contributed by atoms with Crippen LogP contribution in [0.5, 0.6) is 0 Å². The lowest BCUT2D eigenvalue weighted by Crippen LogP contribution is -2.58. The third kappa shape index (κ3) is 4.71. The molecule has 0 atom stereocenters. The third-order valence-corrected chi connectivity index (χ3v) is 9.56. The summed E-state index contributed by atoms with van der Waals surface area (Å²) in [5.74, 6) is -0.731. The highest BCUT2D eigenvalue weighted by Gasteiger charge is 2.45. The Hall–Kier alpha value is -5.11. The second kappa shape index (κ2) is 11.1. The number of piperazine rings is 1. The molecular weight excluding hydrogens is 593 g/mol. The number of carbonyl (C=O) groups is 4. The molecule has 1 N–H and O–H groups in total. The number of imidazole rings is 1. The van der Waals surface area contributed by atoms with Gasteiger partial charge in [0.2, 0.25) is 11.7 Å². The Labute approximate surface area is 263 Å². The number of imide groups is 2. The quantitative estimate of drug-likeness (QED) is 0.333. The van der Waals surface area contributed by atoms with Crippen molar-refractivity contribution in [2.75, 3.05) is 62.2 Å². The number of benzene rings is 2. The maximum absolute atomic E-state index is 15.8. The SMILES string of the molecule is O=C1CCN(N2C(=O)c3ccc(N4CCN(CC5CCN(c6ccn7c(n6)nc6ccccc67)CC5)CC4)c(F)c3C2=O)C(=O)N1. The molecule has 0 bridgehead atoms. The van der Waals surface area contributed by atoms with Crippen molar-refractivity contribution < 1.29 is 23.6 Å². The van der Waals surface area contributed by atoms with Crippen LogP contribution in [-0.2, 0) is 4.79 Å². The fraction of sp³-hybridized carbons (Fsp3) is 0.375. The molecule has 5 amide bonds. The van der Waals surface area contributed by atoms with Crippen LogP contribution >= 0.6 is 0 Å². The van der Waals surface area contributed by atoms with Crippen LogP contribution in [0.3, 0.4) is 0 Å². The van der Waals surface area contributed by atoms with Crippen LogP contribution in [0.15, 0.2) is 48.7 Å². The van der Waals surface area contributed by atoms with Crippen molar-refractivity contribution in [1.29, 1.82) is 0 Å². The lowest BCUT2D eigenvalue weighted by Gasteiger charge is -2.40. The number of amides is 5. The van der Waals surface area contributed by atoms with Gasteiger partial charge in [-0.05, 0) is 49.1 Å². The summed E-state index contributed by atoms with van der Waals surface area (Å²) in [5.41, 5.74) is 1.82. The Morgan fingerprint density at radius 2 is 1.61 bits per heavy atom. The van der Waals surface area contributed by atoms with E-state index >= 15 is 4.39 Å². The molecular formula is C32H32FN9O4. The van der Waals surface area contributed by atoms with E-state index in [1.165, 1.54) is 12.1 Å². The fourth-order valence-corrected chi connectivity index (χ4v) is 7.07. The van der Waals surface area contributed by atoms with E-state index in [1.807, 2.05) is 39.8 Å². The Morgan fingerprint density at radius 1 is 0.826 bits per heavy atom. The first-order valence-corrected chi connectivity index (χ1v) is 15.6. The number of rotatable bonds is 5. The molecule has 0 spiro atoms. The summed E-state index contributed by atoms with van der Waals surface area (Å²) in [6.07, 6.45) is 4.09. The fourth-order valence-electron chi connectivity index (χ4n) is 7.07. The van der Waals surface area contributed by atoms with Gasteiger partial charge >= 0.3 is 6.03 Å². The molecule has 4 aromatic rings. The average Bonchev–Trinajstić information content (AvgIpc) is 3.56. The summed E-state index contributed by atoms with van der Waals surface area (Å²) in [6.45, 7) is 5.35. The first kappa shape index (κ1) is 28.4. The van der Waals surface area contributed by atoms with Crippen LogP contribution in [0.1, 0.15) is 40.0 Å². The van der Waals surface area contributed by atoms with Crippen LogP contribution in [0, 0.1) is 11.7 Å². The zero-order chi connectivity index (χ0) is 31.5. The highest BCUT2D eigenvalue weighted by atomic mass is 19.1. The number of nitrogens with zero attached hydrogens (tertiary/aromatic N) is 8. The molecule has 4 aliphatic heterocycles. The number of nitrogens with one attached hydrogen (secondary N) is 1. The molecule has 14 heteroatoms. The molecule has 2 aromatic carbocycles. The predicted octanol–water partition coefficient (Wildman–Crippen LogP) is 2.51. The molecule has 8 rings (SSSR count). The summed E-state index contributed by atoms with van der Waals surface area (Å²) >= 11 is 0. The van der Waals surface area contributed by atoms with Gasteiger partial charge in [0, 0.05) is 58.4 Å². The van der Waals surface area contributed by atoms with Gasteiger partial charge in [-0.3, -0.25) is 29.0 Å². The molecule has 236 valence electrons. The van der Waals surface area contributed by atoms with Gasteiger partial charge < -0.3 is 9.80 Å². The highest BCUT2D eigenvalue weighted by Crippen LogP contribution is 2.33. The third-order valence-electron chi connectivity index (χ3n) is 9.56. The molecule has 3 fully saturated rings. The Kier molecular flexibility index (Phi) is 6.82. The van der Waals surface area contributed by atoms with Crippen molar-refractivity contribution in [3.63, 3.8) is 0 Å². The number of piperidine rings is 1. The van der Waals surface area contributed by atoms with Crippen molar-refractivity contribution in [3.05, 3.63) is 65.6 Å². The standard InChI is InChI=1S/C32H32FN9O4/c33-28-24(6-5-21-27(28)30(45)42(29(21)44)41-14-10-26(43)36-32(41)46)38-17-15-37(16-18-38)19-20-7-11-39(12-8-20)25-9-13-40-23-4-2-1-3-22(23)34-31(40)35-25/h1-6,9,13,20H,7-8,10-12,14-19H2,(H,36,43,46). The molecule has 6 heterocycles. The van der Waals surface area contributed by atoms with E-state index in [-0.39, 0.29) is 29.8 Å². The molecule has 4 aliphatic rings. The van der Waals surface area contributed by atoms with Gasteiger partial charge in [0.1, 0.15) is 5.82 Å². The topological polar surface area (TPSA) is 127 Å². The monoisotopic (exact) mass is 625 g/mol. The first-order valence-electron chi connectivity index (χ1n) is 15.6. The van der Waals surface area contributed by atoms with Crippen molar-refractivity contribution in [1.82, 2.24) is 34.6 Å². The van der Waals surface area contributed by atoms with Gasteiger partial charge in [-0.2, -0.15) is 9.99 Å². The second-order valence-corrected chi connectivity index (χ2v) is 12.2. The zero-order valence-corrected chi connectivity index (χ0v) is 25.1. The van der Waals surface area contributed by atoms with Crippen molar-refractivity contribution in [2.24, 2.45) is 5.92 Å². The summed E-state index contributed by atoms with van der Waals surface area (Å²) in [4.78, 5) is 66.2. The minimum Gasteiger partial charge on any atom is -0.367 e. The van der Waals surface area contributed by atoms with E-state index in [9.17, 15) is 19.2 Å². The van der Waals surface area contributed by atoms with Crippen LogP contribution in [0.2, 0.25) is 0 Å². The van der Waals surface area contributed by atoms with Crippen LogP contribution in [0.4, 0.5) is 20.7 Å². The molecule has 3 saturated heterocycles. The van der Waals surface area contributed by atoms with Crippen LogP contribution in [-0.4, -0.2) is 105 Å². The Morgan fingerprint density at radius 3 is 2.39 bits per heavy atom. The molecule has 0 aliphatic carbocycles. The molecule has 0 unspecified atom stereocenters. The van der Waals surface area contributed by atoms with Crippen molar-refractivity contribution in [3.8, 4) is 0 Å². The lowest BCUT2D eigenvalue weighted by atomic mass is 9.96. The predicted molar refractivity (Wildman–Crippen MR) is 166 cm³/mol. The summed E-state index contributed by atoms with van der Waals surface area (Å²) < 4.78 is 17.8. The largest absolute Gasteiger partial charge is 0.367 e. The van der Waals surface area contributed by atoms with Gasteiger partial charge in [-0.25, -0.2) is 19.2 Å². The maximum atomic E-state index is 15.8. The molecule has 13 nitrogen and oxygen atoms in total. The van der Waals surface area contributed by atoms with Gasteiger partial charge in [0.05, 0.1) is 34.4 Å². The number of hydrazine groups is 1. The van der Waals surface area contributed by atoms with Crippen LogP contribution in [0.25, 0.3) is 16.8 Å². The van der Waals surface area contributed by atoms with Crippen molar-refractivity contribution in [2.45, 2.75) is 19.3 Å². The van der Waals surface area contributed by atoms with Gasteiger partial charge in [-0.1, -0.05) is 12.1 Å². The second-order valence-electron chi connectivity index (χ2n) is 12.2. The number of hydrogen-bond acceptors (Lipinski definition) is 9. The number of hydrogen-bond donors (Lipinski definition) is 1. The van der Waals surface area contributed by atoms with Gasteiger partial charge in [0.15, 0.2) is 5.82 Å². The van der Waals surface area contributed by atoms with E-state index in [4.69, 9.17) is 4.98 Å². The summed E-state index contributed by atoms with van der Waals surface area (Å²) in [5, 5.41) is 3.59. The maximum Gasteiger partial charge on any atom is 0.343 e. The number of anilines is 2. The van der Waals surface area contributed by atoms with E-state index in [1.54, 1.807) is 0 Å². The van der Waals surface area contributed by atoms with E-state index in [2.05, 4.69) is 26.2 Å². The number of fused-ring (bicyclic) bond motifs is 4. The number of carbonyl (C=O) groups excluding carboxylic acids is 4.